The second kappa shape index (κ2) is 6.08. The first-order chi connectivity index (χ1) is 11.0. The van der Waals surface area contributed by atoms with Crippen LogP contribution in [0.2, 0.25) is 0 Å². The van der Waals surface area contributed by atoms with Gasteiger partial charge < -0.3 is 15.5 Å². The number of carbonyl (C=O) groups excluding carboxylic acids is 1. The van der Waals surface area contributed by atoms with E-state index < -0.39 is 41.3 Å². The summed E-state index contributed by atoms with van der Waals surface area (Å²) in [5, 5.41) is 20.0. The summed E-state index contributed by atoms with van der Waals surface area (Å²) in [5.74, 6) is -2.79. The fourth-order valence-corrected chi connectivity index (χ4v) is 2.04. The number of hydrogen-bond acceptors (Lipinski definition) is 4. The van der Waals surface area contributed by atoms with Gasteiger partial charge in [-0.1, -0.05) is 18.2 Å². The average Bonchev–Trinajstić information content (AvgIpc) is 2.50. The van der Waals surface area contributed by atoms with E-state index in [9.17, 15) is 27.9 Å². The highest BCUT2D eigenvalue weighted by atomic mass is 19.4. The minimum Gasteiger partial charge on any atom is -0.479 e. The van der Waals surface area contributed by atoms with E-state index >= 15 is 0 Å². The first-order valence-electron chi connectivity index (χ1n) is 6.73. The van der Waals surface area contributed by atoms with Crippen LogP contribution < -0.4 is 5.32 Å². The van der Waals surface area contributed by atoms with Crippen molar-refractivity contribution in [1.82, 2.24) is 10.3 Å². The summed E-state index contributed by atoms with van der Waals surface area (Å²) in [7, 11) is 0. The van der Waals surface area contributed by atoms with E-state index in [1.807, 2.05) is 5.32 Å². The quantitative estimate of drug-likeness (QED) is 0.787. The molecular formula is C15H13F3N2O4. The number of carboxylic acids is 1. The van der Waals surface area contributed by atoms with Crippen LogP contribution in [0, 0.1) is 0 Å². The molecule has 0 spiro atoms. The average molecular weight is 342 g/mol. The molecule has 0 aliphatic heterocycles. The number of nitrogens with zero attached hydrogens (tertiary/aromatic N) is 1. The molecule has 6 nitrogen and oxygen atoms in total. The number of rotatable bonds is 4. The molecule has 128 valence electrons. The van der Waals surface area contributed by atoms with Crippen molar-refractivity contribution in [3.63, 3.8) is 0 Å². The van der Waals surface area contributed by atoms with Gasteiger partial charge in [-0.05, 0) is 13.0 Å². The Kier molecular flexibility index (Phi) is 4.48. The number of benzene rings is 1. The maximum atomic E-state index is 13.4. The lowest BCUT2D eigenvalue weighted by molar-refractivity contribution is -0.155. The molecule has 0 saturated heterocycles. The molecule has 1 unspecified atom stereocenters. The summed E-state index contributed by atoms with van der Waals surface area (Å²) in [4.78, 5) is 26.7. The highest BCUT2D eigenvalue weighted by molar-refractivity contribution is 6.00. The number of fused-ring (bicyclic) bond motifs is 1. The predicted octanol–water partition coefficient (Wildman–Crippen LogP) is 1.82. The molecule has 0 aliphatic carbocycles. The van der Waals surface area contributed by atoms with Crippen LogP contribution in [0.15, 0.2) is 30.5 Å². The number of carbonyl (C=O) groups is 2. The largest absolute Gasteiger partial charge is 0.479 e. The molecule has 2 rings (SSSR count). The van der Waals surface area contributed by atoms with Crippen molar-refractivity contribution < 1.29 is 33.0 Å². The summed E-state index contributed by atoms with van der Waals surface area (Å²) < 4.78 is 40.2. The Labute approximate surface area is 133 Å². The molecule has 1 aromatic heterocycles. The molecule has 0 radical (unpaired) electrons. The van der Waals surface area contributed by atoms with Gasteiger partial charge in [-0.2, -0.15) is 13.2 Å². The number of aliphatic carboxylic acids is 1. The van der Waals surface area contributed by atoms with Gasteiger partial charge in [-0.15, -0.1) is 0 Å². The smallest absolute Gasteiger partial charge is 0.417 e. The number of carboxylic acid groups (broad SMARTS) is 1. The molecular weight excluding hydrogens is 329 g/mol. The highest BCUT2D eigenvalue weighted by Crippen LogP contribution is 2.36. The molecule has 0 aliphatic rings. The van der Waals surface area contributed by atoms with Gasteiger partial charge in [0, 0.05) is 11.6 Å². The van der Waals surface area contributed by atoms with Gasteiger partial charge in [0.05, 0.1) is 23.2 Å². The summed E-state index contributed by atoms with van der Waals surface area (Å²) >= 11 is 0. The van der Waals surface area contributed by atoms with Crippen LogP contribution in [0.3, 0.4) is 0 Å². The highest BCUT2D eigenvalue weighted by Gasteiger charge is 2.38. The second-order valence-electron chi connectivity index (χ2n) is 5.32. The Morgan fingerprint density at radius 3 is 2.46 bits per heavy atom. The SMILES string of the molecule is CC(O)(CNC(=O)c1cnc2ccccc2c1C(F)(F)F)C(=O)O. The zero-order valence-corrected chi connectivity index (χ0v) is 12.4. The summed E-state index contributed by atoms with van der Waals surface area (Å²) in [6, 6.07) is 5.46. The van der Waals surface area contributed by atoms with E-state index in [2.05, 4.69) is 4.98 Å². The van der Waals surface area contributed by atoms with Crippen LogP contribution in [0.25, 0.3) is 10.9 Å². The molecule has 3 N–H and O–H groups in total. The summed E-state index contributed by atoms with van der Waals surface area (Å²) in [6.07, 6.45) is -4.04. The lowest BCUT2D eigenvalue weighted by Crippen LogP contribution is -2.46. The molecule has 1 aromatic carbocycles. The van der Waals surface area contributed by atoms with Gasteiger partial charge in [0.15, 0.2) is 5.60 Å². The first kappa shape index (κ1) is 17.7. The lowest BCUT2D eigenvalue weighted by atomic mass is 10.0. The van der Waals surface area contributed by atoms with Crippen molar-refractivity contribution in [3.05, 3.63) is 41.6 Å². The number of halogens is 3. The Morgan fingerprint density at radius 1 is 1.25 bits per heavy atom. The van der Waals surface area contributed by atoms with E-state index in [1.54, 1.807) is 0 Å². The van der Waals surface area contributed by atoms with Gasteiger partial charge in [-0.3, -0.25) is 9.78 Å². The topological polar surface area (TPSA) is 99.5 Å². The van der Waals surface area contributed by atoms with E-state index in [0.717, 1.165) is 13.1 Å². The third-order valence-corrected chi connectivity index (χ3v) is 3.36. The Balaban J connectivity index is 2.45. The molecule has 0 fully saturated rings. The van der Waals surface area contributed by atoms with Crippen molar-refractivity contribution in [2.24, 2.45) is 0 Å². The number of para-hydroxylation sites is 1. The molecule has 2 aromatic rings. The normalized spacial score (nSPS) is 14.2. The number of alkyl halides is 3. The standard InChI is InChI=1S/C15H13F3N2O4/c1-14(24,13(22)23)7-20-12(21)9-6-19-10-5-3-2-4-8(10)11(9)15(16,17)18/h2-6,24H,7H2,1H3,(H,20,21)(H,22,23). The van der Waals surface area contributed by atoms with Gasteiger partial charge in [0.25, 0.3) is 5.91 Å². The zero-order chi connectivity index (χ0) is 18.1. The van der Waals surface area contributed by atoms with Crippen LogP contribution in [-0.4, -0.2) is 39.2 Å². The van der Waals surface area contributed by atoms with Gasteiger partial charge in [0.1, 0.15) is 0 Å². The monoisotopic (exact) mass is 342 g/mol. The third-order valence-electron chi connectivity index (χ3n) is 3.36. The predicted molar refractivity (Wildman–Crippen MR) is 77.3 cm³/mol. The number of aromatic nitrogens is 1. The summed E-state index contributed by atoms with van der Waals surface area (Å²) in [5.41, 5.74) is -4.15. The van der Waals surface area contributed by atoms with Crippen LogP contribution >= 0.6 is 0 Å². The molecule has 1 atom stereocenters. The molecule has 24 heavy (non-hydrogen) atoms. The van der Waals surface area contributed by atoms with E-state index in [4.69, 9.17) is 5.11 Å². The van der Waals surface area contributed by atoms with Crippen molar-refractivity contribution in [1.29, 1.82) is 0 Å². The number of amides is 1. The minimum atomic E-state index is -4.81. The fourth-order valence-electron chi connectivity index (χ4n) is 2.04. The van der Waals surface area contributed by atoms with Crippen molar-refractivity contribution in [2.75, 3.05) is 6.54 Å². The number of hydrogen-bond donors (Lipinski definition) is 3. The number of pyridine rings is 1. The van der Waals surface area contributed by atoms with Crippen LogP contribution in [0.5, 0.6) is 0 Å². The first-order valence-corrected chi connectivity index (χ1v) is 6.73. The molecule has 9 heteroatoms. The lowest BCUT2D eigenvalue weighted by Gasteiger charge is -2.19. The third kappa shape index (κ3) is 3.46. The number of nitrogens with one attached hydrogen (secondary N) is 1. The Hall–Kier alpha value is -2.68. The molecule has 0 bridgehead atoms. The van der Waals surface area contributed by atoms with Crippen molar-refractivity contribution in [3.8, 4) is 0 Å². The van der Waals surface area contributed by atoms with Gasteiger partial charge >= 0.3 is 12.1 Å². The van der Waals surface area contributed by atoms with Crippen LogP contribution in [0.1, 0.15) is 22.8 Å². The van der Waals surface area contributed by atoms with E-state index in [1.165, 1.54) is 24.3 Å². The maximum Gasteiger partial charge on any atom is 0.417 e. The van der Waals surface area contributed by atoms with Crippen LogP contribution in [0.4, 0.5) is 13.2 Å². The maximum absolute atomic E-state index is 13.4. The van der Waals surface area contributed by atoms with Crippen molar-refractivity contribution >= 4 is 22.8 Å². The van der Waals surface area contributed by atoms with E-state index in [-0.39, 0.29) is 10.9 Å². The van der Waals surface area contributed by atoms with Crippen LogP contribution in [-0.2, 0) is 11.0 Å². The second-order valence-corrected chi connectivity index (χ2v) is 5.32. The zero-order valence-electron chi connectivity index (χ0n) is 12.4. The van der Waals surface area contributed by atoms with Crippen molar-refractivity contribution in [2.45, 2.75) is 18.7 Å². The fraction of sp³-hybridized carbons (Fsp3) is 0.267. The number of aliphatic hydroxyl groups is 1. The molecule has 1 amide bonds. The molecule has 0 saturated carbocycles. The van der Waals surface area contributed by atoms with Gasteiger partial charge in [0.2, 0.25) is 0 Å². The minimum absolute atomic E-state index is 0.0684. The summed E-state index contributed by atoms with van der Waals surface area (Å²) in [6.45, 7) is 0.157. The Morgan fingerprint density at radius 2 is 1.88 bits per heavy atom. The Bertz CT molecular complexity index is 803. The van der Waals surface area contributed by atoms with Gasteiger partial charge in [-0.25, -0.2) is 4.79 Å². The molecule has 1 heterocycles. The van der Waals surface area contributed by atoms with E-state index in [0.29, 0.717) is 0 Å².